The molecule has 1 fully saturated rings. The smallest absolute Gasteiger partial charge is 0.227 e. The Balaban J connectivity index is 1.36. The van der Waals surface area contributed by atoms with Gasteiger partial charge in [-0.15, -0.1) is 0 Å². The van der Waals surface area contributed by atoms with Crippen LogP contribution in [0.1, 0.15) is 17.5 Å². The summed E-state index contributed by atoms with van der Waals surface area (Å²) in [6.45, 7) is 4.62. The van der Waals surface area contributed by atoms with Crippen LogP contribution >= 0.6 is 0 Å². The van der Waals surface area contributed by atoms with E-state index in [2.05, 4.69) is 17.0 Å². The monoisotopic (exact) mass is 382 g/mol. The van der Waals surface area contributed by atoms with E-state index in [1.165, 1.54) is 5.56 Å². The lowest BCUT2D eigenvalue weighted by Gasteiger charge is -2.34. The normalized spacial score (nSPS) is 14.7. The minimum absolute atomic E-state index is 0.211. The summed E-state index contributed by atoms with van der Waals surface area (Å²) in [7, 11) is 3.34. The standard InChI is InChI=1S/C23H30N2O3/c1-27-21-9-5-19(6-10-21)4-3-13-24-14-16-25(17-15-24)23(26)18-20-7-11-22(28-2)12-8-20/h5-12H,3-4,13-18H2,1-2H3. The number of amides is 1. The Labute approximate surface area is 167 Å². The summed E-state index contributed by atoms with van der Waals surface area (Å²) in [6.07, 6.45) is 2.66. The van der Waals surface area contributed by atoms with Gasteiger partial charge in [-0.1, -0.05) is 24.3 Å². The number of piperazine rings is 1. The van der Waals surface area contributed by atoms with Crippen LogP contribution in [0.4, 0.5) is 0 Å². The van der Waals surface area contributed by atoms with Gasteiger partial charge >= 0.3 is 0 Å². The lowest BCUT2D eigenvalue weighted by atomic mass is 10.1. The van der Waals surface area contributed by atoms with Crippen molar-refractivity contribution >= 4 is 5.91 Å². The van der Waals surface area contributed by atoms with E-state index in [0.29, 0.717) is 6.42 Å². The van der Waals surface area contributed by atoms with E-state index in [0.717, 1.165) is 62.6 Å². The largest absolute Gasteiger partial charge is 0.497 e. The molecule has 2 aromatic carbocycles. The number of hydrogen-bond donors (Lipinski definition) is 0. The van der Waals surface area contributed by atoms with Gasteiger partial charge in [0.15, 0.2) is 0 Å². The molecular formula is C23H30N2O3. The van der Waals surface area contributed by atoms with Crippen LogP contribution in [-0.2, 0) is 17.6 Å². The summed E-state index contributed by atoms with van der Waals surface area (Å²) >= 11 is 0. The average molecular weight is 383 g/mol. The fourth-order valence-corrected chi connectivity index (χ4v) is 3.55. The number of aryl methyl sites for hydroxylation is 1. The SMILES string of the molecule is COc1ccc(CCCN2CCN(C(=O)Cc3ccc(OC)cc3)CC2)cc1. The molecule has 5 nitrogen and oxygen atoms in total. The van der Waals surface area contributed by atoms with Crippen molar-refractivity contribution in [2.45, 2.75) is 19.3 Å². The quantitative estimate of drug-likeness (QED) is 0.704. The number of nitrogens with zero attached hydrogens (tertiary/aromatic N) is 2. The first kappa shape index (κ1) is 20.2. The highest BCUT2D eigenvalue weighted by Crippen LogP contribution is 2.15. The molecule has 0 N–H and O–H groups in total. The Morgan fingerprint density at radius 1 is 0.821 bits per heavy atom. The molecular weight excluding hydrogens is 352 g/mol. The minimum atomic E-state index is 0.211. The number of hydrogen-bond acceptors (Lipinski definition) is 4. The zero-order valence-electron chi connectivity index (χ0n) is 16.9. The van der Waals surface area contributed by atoms with Crippen molar-refractivity contribution in [3.63, 3.8) is 0 Å². The van der Waals surface area contributed by atoms with Crippen LogP contribution in [0.2, 0.25) is 0 Å². The Bertz CT molecular complexity index is 735. The van der Waals surface area contributed by atoms with Gasteiger partial charge in [-0.25, -0.2) is 0 Å². The van der Waals surface area contributed by atoms with Crippen LogP contribution in [0.15, 0.2) is 48.5 Å². The lowest BCUT2D eigenvalue weighted by Crippen LogP contribution is -2.49. The third kappa shape index (κ3) is 5.73. The molecule has 0 saturated carbocycles. The molecule has 0 aliphatic carbocycles. The Hall–Kier alpha value is -2.53. The maximum absolute atomic E-state index is 12.5. The van der Waals surface area contributed by atoms with Gasteiger partial charge in [0.25, 0.3) is 0 Å². The predicted molar refractivity (Wildman–Crippen MR) is 111 cm³/mol. The van der Waals surface area contributed by atoms with Gasteiger partial charge in [0.05, 0.1) is 20.6 Å². The fourth-order valence-electron chi connectivity index (χ4n) is 3.55. The number of rotatable bonds is 8. The van der Waals surface area contributed by atoms with Crippen LogP contribution in [0, 0.1) is 0 Å². The van der Waals surface area contributed by atoms with Crippen LogP contribution in [-0.4, -0.2) is 62.7 Å². The molecule has 0 spiro atoms. The molecule has 28 heavy (non-hydrogen) atoms. The average Bonchev–Trinajstić information content (AvgIpc) is 2.75. The third-order valence-corrected chi connectivity index (χ3v) is 5.34. The first-order valence-corrected chi connectivity index (χ1v) is 9.94. The molecule has 1 amide bonds. The summed E-state index contributed by atoms with van der Waals surface area (Å²) in [5, 5.41) is 0. The second kappa shape index (κ2) is 10.1. The predicted octanol–water partition coefficient (Wildman–Crippen LogP) is 3.02. The van der Waals surface area contributed by atoms with Gasteiger partial charge in [-0.3, -0.25) is 9.69 Å². The Morgan fingerprint density at radius 2 is 1.36 bits per heavy atom. The van der Waals surface area contributed by atoms with Crippen LogP contribution in [0.25, 0.3) is 0 Å². The number of benzene rings is 2. The summed E-state index contributed by atoms with van der Waals surface area (Å²) in [4.78, 5) is 17.0. The van der Waals surface area contributed by atoms with Gasteiger partial charge in [0, 0.05) is 26.2 Å². The summed E-state index contributed by atoms with van der Waals surface area (Å²) in [5.74, 6) is 1.93. The van der Waals surface area contributed by atoms with Crippen molar-refractivity contribution in [1.82, 2.24) is 9.80 Å². The molecule has 150 valence electrons. The van der Waals surface area contributed by atoms with Gasteiger partial charge in [-0.05, 0) is 54.8 Å². The molecule has 0 unspecified atom stereocenters. The highest BCUT2D eigenvalue weighted by Gasteiger charge is 2.20. The van der Waals surface area contributed by atoms with E-state index in [-0.39, 0.29) is 5.91 Å². The second-order valence-electron chi connectivity index (χ2n) is 7.20. The van der Waals surface area contributed by atoms with Gasteiger partial charge in [0.2, 0.25) is 5.91 Å². The second-order valence-corrected chi connectivity index (χ2v) is 7.20. The van der Waals surface area contributed by atoms with Crippen molar-refractivity contribution in [2.75, 3.05) is 46.9 Å². The van der Waals surface area contributed by atoms with Gasteiger partial charge < -0.3 is 14.4 Å². The highest BCUT2D eigenvalue weighted by atomic mass is 16.5. The lowest BCUT2D eigenvalue weighted by molar-refractivity contribution is -0.132. The molecule has 1 aliphatic rings. The molecule has 3 rings (SSSR count). The number of methoxy groups -OCH3 is 2. The fraction of sp³-hybridized carbons (Fsp3) is 0.435. The highest BCUT2D eigenvalue weighted by molar-refractivity contribution is 5.79. The van der Waals surface area contributed by atoms with E-state index in [1.54, 1.807) is 14.2 Å². The van der Waals surface area contributed by atoms with E-state index < -0.39 is 0 Å². The molecule has 2 aromatic rings. The molecule has 1 heterocycles. The van der Waals surface area contributed by atoms with Crippen LogP contribution in [0.3, 0.4) is 0 Å². The molecule has 1 saturated heterocycles. The van der Waals surface area contributed by atoms with E-state index in [1.807, 2.05) is 41.3 Å². The molecule has 0 radical (unpaired) electrons. The topological polar surface area (TPSA) is 42.0 Å². The summed E-state index contributed by atoms with van der Waals surface area (Å²) < 4.78 is 10.4. The van der Waals surface area contributed by atoms with Crippen LogP contribution < -0.4 is 9.47 Å². The van der Waals surface area contributed by atoms with Crippen molar-refractivity contribution in [3.8, 4) is 11.5 Å². The zero-order valence-corrected chi connectivity index (χ0v) is 16.9. The molecule has 0 atom stereocenters. The number of carbonyl (C=O) groups excluding carboxylic acids is 1. The summed E-state index contributed by atoms with van der Waals surface area (Å²) in [5.41, 5.74) is 2.38. The van der Waals surface area contributed by atoms with Gasteiger partial charge in [-0.2, -0.15) is 0 Å². The molecule has 1 aliphatic heterocycles. The van der Waals surface area contributed by atoms with Crippen molar-refractivity contribution < 1.29 is 14.3 Å². The minimum Gasteiger partial charge on any atom is -0.497 e. The van der Waals surface area contributed by atoms with E-state index >= 15 is 0 Å². The Morgan fingerprint density at radius 3 is 1.89 bits per heavy atom. The van der Waals surface area contributed by atoms with Crippen molar-refractivity contribution in [3.05, 3.63) is 59.7 Å². The Kier molecular flexibility index (Phi) is 7.31. The molecule has 0 bridgehead atoms. The maximum Gasteiger partial charge on any atom is 0.227 e. The van der Waals surface area contributed by atoms with E-state index in [4.69, 9.17) is 9.47 Å². The molecule has 5 heteroatoms. The first-order chi connectivity index (χ1) is 13.7. The van der Waals surface area contributed by atoms with Crippen molar-refractivity contribution in [1.29, 1.82) is 0 Å². The van der Waals surface area contributed by atoms with E-state index in [9.17, 15) is 4.79 Å². The zero-order chi connectivity index (χ0) is 19.8. The number of carbonyl (C=O) groups is 1. The van der Waals surface area contributed by atoms with Crippen molar-refractivity contribution in [2.24, 2.45) is 0 Å². The number of ether oxygens (including phenoxy) is 2. The maximum atomic E-state index is 12.5. The molecule has 0 aromatic heterocycles. The van der Waals surface area contributed by atoms with Gasteiger partial charge in [0.1, 0.15) is 11.5 Å². The third-order valence-electron chi connectivity index (χ3n) is 5.34. The first-order valence-electron chi connectivity index (χ1n) is 9.94. The summed E-state index contributed by atoms with van der Waals surface area (Å²) in [6, 6.07) is 16.0. The van der Waals surface area contributed by atoms with Crippen LogP contribution in [0.5, 0.6) is 11.5 Å².